The van der Waals surface area contributed by atoms with E-state index in [1.54, 1.807) is 6.07 Å². The fourth-order valence-corrected chi connectivity index (χ4v) is 1.80. The molecule has 18 heavy (non-hydrogen) atoms. The summed E-state index contributed by atoms with van der Waals surface area (Å²) in [7, 11) is 0. The molecular weight excluding hydrogens is 238 g/mol. The lowest BCUT2D eigenvalue weighted by atomic mass is 9.98. The Kier molecular flexibility index (Phi) is 3.10. The first-order chi connectivity index (χ1) is 8.52. The molecule has 0 atom stereocenters. The van der Waals surface area contributed by atoms with Crippen LogP contribution >= 0.6 is 0 Å². The Balaban J connectivity index is 2.69. The predicted molar refractivity (Wildman–Crippen MR) is 63.5 cm³/mol. The topological polar surface area (TPSA) is 37.3 Å². The van der Waals surface area contributed by atoms with Crippen molar-refractivity contribution in [1.29, 1.82) is 0 Å². The van der Waals surface area contributed by atoms with E-state index in [1.807, 2.05) is 0 Å². The zero-order valence-corrected chi connectivity index (χ0v) is 9.58. The van der Waals surface area contributed by atoms with E-state index < -0.39 is 23.2 Å². The lowest BCUT2D eigenvalue weighted by molar-refractivity contribution is 0.0692. The zero-order valence-electron chi connectivity index (χ0n) is 9.58. The van der Waals surface area contributed by atoms with Gasteiger partial charge in [-0.2, -0.15) is 0 Å². The summed E-state index contributed by atoms with van der Waals surface area (Å²) in [6.07, 6.45) is 0. The average molecular weight is 248 g/mol. The minimum absolute atomic E-state index is 0.0897. The Morgan fingerprint density at radius 1 is 1.06 bits per heavy atom. The first-order valence-electron chi connectivity index (χ1n) is 5.29. The fourth-order valence-electron chi connectivity index (χ4n) is 1.80. The van der Waals surface area contributed by atoms with E-state index in [0.717, 1.165) is 0 Å². The van der Waals surface area contributed by atoms with Gasteiger partial charge in [0.1, 0.15) is 11.6 Å². The number of aromatic carboxylic acids is 1. The molecule has 0 aliphatic rings. The standard InChI is InChI=1S/C14H10F2O2/c1-8-9(4-3-7-12(8)15)10-5-2-6-11(13(10)16)14(17)18/h2-7H,1H3,(H,17,18). The molecule has 0 amide bonds. The lowest BCUT2D eigenvalue weighted by Gasteiger charge is -2.09. The highest BCUT2D eigenvalue weighted by Crippen LogP contribution is 2.28. The molecule has 0 radical (unpaired) electrons. The molecule has 2 nitrogen and oxygen atoms in total. The second-order valence-electron chi connectivity index (χ2n) is 3.88. The number of hydrogen-bond acceptors (Lipinski definition) is 1. The Morgan fingerprint density at radius 3 is 2.33 bits per heavy atom. The van der Waals surface area contributed by atoms with Crippen molar-refractivity contribution in [3.8, 4) is 11.1 Å². The minimum atomic E-state index is -1.34. The van der Waals surface area contributed by atoms with Crippen LogP contribution in [0.2, 0.25) is 0 Å². The number of carbonyl (C=O) groups is 1. The summed E-state index contributed by atoms with van der Waals surface area (Å²) < 4.78 is 27.4. The van der Waals surface area contributed by atoms with Crippen molar-refractivity contribution in [2.45, 2.75) is 6.92 Å². The summed E-state index contributed by atoms with van der Waals surface area (Å²) in [4.78, 5) is 10.8. The molecule has 2 aromatic rings. The maximum Gasteiger partial charge on any atom is 0.338 e. The molecule has 0 spiro atoms. The van der Waals surface area contributed by atoms with Gasteiger partial charge in [0.15, 0.2) is 0 Å². The maximum absolute atomic E-state index is 14.0. The number of hydrogen-bond donors (Lipinski definition) is 1. The summed E-state index contributed by atoms with van der Waals surface area (Å²) in [6.45, 7) is 1.53. The van der Waals surface area contributed by atoms with Gasteiger partial charge in [-0.3, -0.25) is 0 Å². The molecule has 2 rings (SSSR count). The number of carboxylic acid groups (broad SMARTS) is 1. The van der Waals surface area contributed by atoms with Crippen molar-refractivity contribution >= 4 is 5.97 Å². The monoisotopic (exact) mass is 248 g/mol. The molecule has 0 unspecified atom stereocenters. The van der Waals surface area contributed by atoms with Gasteiger partial charge < -0.3 is 5.11 Å². The van der Waals surface area contributed by atoms with Crippen molar-refractivity contribution in [2.75, 3.05) is 0 Å². The molecule has 4 heteroatoms. The van der Waals surface area contributed by atoms with Crippen molar-refractivity contribution < 1.29 is 18.7 Å². The van der Waals surface area contributed by atoms with Crippen LogP contribution in [0.4, 0.5) is 8.78 Å². The minimum Gasteiger partial charge on any atom is -0.478 e. The first kappa shape index (κ1) is 12.2. The highest BCUT2D eigenvalue weighted by atomic mass is 19.1. The molecule has 0 aliphatic carbocycles. The van der Waals surface area contributed by atoms with Crippen molar-refractivity contribution in [3.63, 3.8) is 0 Å². The van der Waals surface area contributed by atoms with Crippen LogP contribution in [0.5, 0.6) is 0 Å². The molecule has 92 valence electrons. The second kappa shape index (κ2) is 4.56. The second-order valence-corrected chi connectivity index (χ2v) is 3.88. The smallest absolute Gasteiger partial charge is 0.338 e. The number of benzene rings is 2. The quantitative estimate of drug-likeness (QED) is 0.880. The van der Waals surface area contributed by atoms with Gasteiger partial charge in [0, 0.05) is 5.56 Å². The molecule has 0 saturated carbocycles. The summed E-state index contributed by atoms with van der Waals surface area (Å²) in [5, 5.41) is 8.85. The third kappa shape index (κ3) is 1.97. The number of halogens is 2. The van der Waals surface area contributed by atoms with Gasteiger partial charge in [-0.15, -0.1) is 0 Å². The molecule has 0 fully saturated rings. The van der Waals surface area contributed by atoms with Crippen LogP contribution in [0, 0.1) is 18.6 Å². The predicted octanol–water partition coefficient (Wildman–Crippen LogP) is 3.64. The van der Waals surface area contributed by atoms with Crippen molar-refractivity contribution in [2.24, 2.45) is 0 Å². The van der Waals surface area contributed by atoms with Crippen LogP contribution < -0.4 is 0 Å². The first-order valence-corrected chi connectivity index (χ1v) is 5.29. The van der Waals surface area contributed by atoms with E-state index in [-0.39, 0.29) is 5.56 Å². The molecular formula is C14H10F2O2. The molecule has 1 N–H and O–H groups in total. The van der Waals surface area contributed by atoms with Gasteiger partial charge >= 0.3 is 5.97 Å². The van der Waals surface area contributed by atoms with Crippen LogP contribution in [-0.4, -0.2) is 11.1 Å². The van der Waals surface area contributed by atoms with Crippen LogP contribution in [-0.2, 0) is 0 Å². The highest BCUT2D eigenvalue weighted by Gasteiger charge is 2.16. The van der Waals surface area contributed by atoms with Crippen molar-refractivity contribution in [3.05, 3.63) is 59.2 Å². The van der Waals surface area contributed by atoms with Gasteiger partial charge in [-0.05, 0) is 30.2 Å². The maximum atomic E-state index is 14.0. The summed E-state index contributed by atoms with van der Waals surface area (Å²) in [5.41, 5.74) is 0.317. The van der Waals surface area contributed by atoms with Crippen LogP contribution in [0.3, 0.4) is 0 Å². The largest absolute Gasteiger partial charge is 0.478 e. The van der Waals surface area contributed by atoms with E-state index in [9.17, 15) is 13.6 Å². The van der Waals surface area contributed by atoms with Gasteiger partial charge in [-0.1, -0.05) is 24.3 Å². The number of rotatable bonds is 2. The van der Waals surface area contributed by atoms with Gasteiger partial charge in [0.25, 0.3) is 0 Å². The molecule has 0 aliphatic heterocycles. The number of carboxylic acids is 1. The van der Waals surface area contributed by atoms with Gasteiger partial charge in [-0.25, -0.2) is 13.6 Å². The molecule has 2 aromatic carbocycles. The van der Waals surface area contributed by atoms with Gasteiger partial charge in [0.05, 0.1) is 5.56 Å². The van der Waals surface area contributed by atoms with E-state index in [1.165, 1.54) is 37.3 Å². The van der Waals surface area contributed by atoms with E-state index in [0.29, 0.717) is 11.1 Å². The third-order valence-electron chi connectivity index (χ3n) is 2.79. The lowest BCUT2D eigenvalue weighted by Crippen LogP contribution is -2.02. The van der Waals surface area contributed by atoms with Gasteiger partial charge in [0.2, 0.25) is 0 Å². The van der Waals surface area contributed by atoms with E-state index >= 15 is 0 Å². The Bertz CT molecular complexity index is 621. The summed E-state index contributed by atoms with van der Waals surface area (Å²) in [6, 6.07) is 8.34. The molecule has 0 heterocycles. The third-order valence-corrected chi connectivity index (χ3v) is 2.79. The van der Waals surface area contributed by atoms with E-state index in [2.05, 4.69) is 0 Å². The molecule has 0 bridgehead atoms. The summed E-state index contributed by atoms with van der Waals surface area (Å²) >= 11 is 0. The average Bonchev–Trinajstić information content (AvgIpc) is 2.33. The SMILES string of the molecule is Cc1c(F)cccc1-c1cccc(C(=O)O)c1F. The van der Waals surface area contributed by atoms with Crippen LogP contribution in [0.15, 0.2) is 36.4 Å². The molecule has 0 saturated heterocycles. The van der Waals surface area contributed by atoms with Crippen LogP contribution in [0.25, 0.3) is 11.1 Å². The van der Waals surface area contributed by atoms with E-state index in [4.69, 9.17) is 5.11 Å². The fraction of sp³-hybridized carbons (Fsp3) is 0.0714. The molecule has 0 aromatic heterocycles. The zero-order chi connectivity index (χ0) is 13.3. The van der Waals surface area contributed by atoms with Crippen molar-refractivity contribution in [1.82, 2.24) is 0 Å². The normalized spacial score (nSPS) is 10.4. The van der Waals surface area contributed by atoms with Crippen LogP contribution in [0.1, 0.15) is 15.9 Å². The summed E-state index contributed by atoms with van der Waals surface area (Å²) in [5.74, 6) is -2.64. The highest BCUT2D eigenvalue weighted by molar-refractivity contribution is 5.90. The Hall–Kier alpha value is -2.23. The Morgan fingerprint density at radius 2 is 1.67 bits per heavy atom. The Labute approximate surface area is 103 Å².